The minimum Gasteiger partial charge on any atom is -0.352 e. The van der Waals surface area contributed by atoms with Crippen molar-refractivity contribution in [2.75, 3.05) is 10.8 Å². The van der Waals surface area contributed by atoms with Crippen LogP contribution in [0.25, 0.3) is 0 Å². The largest absolute Gasteiger partial charge is 0.352 e. The summed E-state index contributed by atoms with van der Waals surface area (Å²) in [6.07, 6.45) is 0.723. The van der Waals surface area contributed by atoms with E-state index in [1.165, 1.54) is 29.2 Å². The molecule has 40 heavy (non-hydrogen) atoms. The summed E-state index contributed by atoms with van der Waals surface area (Å²) < 4.78 is 28.9. The first kappa shape index (κ1) is 31.5. The molecule has 3 aromatic rings. The van der Waals surface area contributed by atoms with Crippen LogP contribution in [0.3, 0.4) is 0 Å². The molecule has 7 nitrogen and oxygen atoms in total. The van der Waals surface area contributed by atoms with Crippen LogP contribution >= 0.6 is 23.2 Å². The highest BCUT2D eigenvalue weighted by Crippen LogP contribution is 2.27. The lowest BCUT2D eigenvalue weighted by molar-refractivity contribution is -0.139. The molecule has 0 saturated carbocycles. The Morgan fingerprint density at radius 3 is 2.17 bits per heavy atom. The normalized spacial score (nSPS) is 12.9. The van der Waals surface area contributed by atoms with E-state index in [1.54, 1.807) is 43.3 Å². The number of aryl methyl sites for hydroxylation is 2. The average Bonchev–Trinajstić information content (AvgIpc) is 2.91. The quantitative estimate of drug-likeness (QED) is 0.285. The minimum absolute atomic E-state index is 0.00752. The Morgan fingerprint density at radius 2 is 1.57 bits per heavy atom. The highest BCUT2D eigenvalue weighted by atomic mass is 35.5. The lowest BCUT2D eigenvalue weighted by atomic mass is 10.1. The van der Waals surface area contributed by atoms with Crippen molar-refractivity contribution in [1.82, 2.24) is 10.2 Å². The van der Waals surface area contributed by atoms with Gasteiger partial charge in [-0.3, -0.25) is 13.9 Å². The summed E-state index contributed by atoms with van der Waals surface area (Å²) in [5.74, 6) is -0.870. The zero-order chi connectivity index (χ0) is 29.6. The minimum atomic E-state index is -4.17. The lowest BCUT2D eigenvalue weighted by Gasteiger charge is -2.32. The molecule has 0 heterocycles. The number of benzene rings is 3. The molecule has 1 N–H and O–H groups in total. The molecule has 3 rings (SSSR count). The van der Waals surface area contributed by atoms with E-state index in [0.29, 0.717) is 21.3 Å². The van der Waals surface area contributed by atoms with Gasteiger partial charge in [-0.1, -0.05) is 48.3 Å². The number of nitrogens with one attached hydrogen (secondary N) is 1. The van der Waals surface area contributed by atoms with Crippen molar-refractivity contribution in [1.29, 1.82) is 0 Å². The van der Waals surface area contributed by atoms with E-state index < -0.39 is 28.5 Å². The van der Waals surface area contributed by atoms with Gasteiger partial charge in [-0.2, -0.15) is 0 Å². The molecule has 0 aliphatic heterocycles. The summed E-state index contributed by atoms with van der Waals surface area (Å²) >= 11 is 12.2. The predicted molar refractivity (Wildman–Crippen MR) is 161 cm³/mol. The Bertz CT molecular complexity index is 1460. The number of hydrogen-bond acceptors (Lipinski definition) is 4. The number of halogens is 2. The van der Waals surface area contributed by atoms with Gasteiger partial charge in [0.05, 0.1) is 10.6 Å². The standard InChI is InChI=1S/C30H35Cl2N3O4S/c1-6-22(4)33-30(37)23(5)34(18-24-8-7-9-26(32)17-24)29(36)19-35(27-13-10-20(2)21(3)16-27)40(38,39)28-14-11-25(31)12-15-28/h7-17,22-23H,6,18-19H2,1-5H3,(H,33,37)/t22-,23-/m1/s1. The highest BCUT2D eigenvalue weighted by molar-refractivity contribution is 7.92. The number of carbonyl (C=O) groups is 2. The summed E-state index contributed by atoms with van der Waals surface area (Å²) in [7, 11) is -4.17. The molecule has 0 bridgehead atoms. The van der Waals surface area contributed by atoms with Crippen molar-refractivity contribution in [2.24, 2.45) is 0 Å². The van der Waals surface area contributed by atoms with Crippen LogP contribution in [0.5, 0.6) is 0 Å². The number of nitrogens with zero attached hydrogens (tertiary/aromatic N) is 2. The zero-order valence-electron chi connectivity index (χ0n) is 23.3. The van der Waals surface area contributed by atoms with Crippen LogP contribution in [0.1, 0.15) is 43.9 Å². The van der Waals surface area contributed by atoms with Crippen LogP contribution in [-0.2, 0) is 26.2 Å². The van der Waals surface area contributed by atoms with Gasteiger partial charge in [0.1, 0.15) is 12.6 Å². The number of sulfonamides is 1. The van der Waals surface area contributed by atoms with Crippen LogP contribution in [0.4, 0.5) is 5.69 Å². The van der Waals surface area contributed by atoms with Crippen LogP contribution in [0.15, 0.2) is 71.6 Å². The molecule has 0 unspecified atom stereocenters. The van der Waals surface area contributed by atoms with E-state index in [0.717, 1.165) is 21.9 Å². The molecular weight excluding hydrogens is 569 g/mol. The second kappa shape index (κ2) is 13.5. The molecule has 0 radical (unpaired) electrons. The van der Waals surface area contributed by atoms with Crippen LogP contribution in [-0.4, -0.2) is 43.8 Å². The van der Waals surface area contributed by atoms with E-state index in [9.17, 15) is 18.0 Å². The summed E-state index contributed by atoms with van der Waals surface area (Å²) in [5.41, 5.74) is 2.91. The fourth-order valence-electron chi connectivity index (χ4n) is 4.02. The number of amides is 2. The Balaban J connectivity index is 2.05. The monoisotopic (exact) mass is 603 g/mol. The number of carbonyl (C=O) groups excluding carboxylic acids is 2. The molecule has 0 spiro atoms. The maximum Gasteiger partial charge on any atom is 0.264 e. The molecule has 0 aliphatic rings. The van der Waals surface area contributed by atoms with Gasteiger partial charge >= 0.3 is 0 Å². The molecule has 0 fully saturated rings. The van der Waals surface area contributed by atoms with E-state index in [1.807, 2.05) is 33.8 Å². The summed E-state index contributed by atoms with van der Waals surface area (Å²) in [5, 5.41) is 3.80. The van der Waals surface area contributed by atoms with E-state index in [4.69, 9.17) is 23.2 Å². The first-order valence-electron chi connectivity index (χ1n) is 13.0. The molecule has 0 aromatic heterocycles. The fraction of sp³-hybridized carbons (Fsp3) is 0.333. The number of hydrogen-bond donors (Lipinski definition) is 1. The molecule has 2 atom stereocenters. The van der Waals surface area contributed by atoms with Gasteiger partial charge < -0.3 is 10.2 Å². The van der Waals surface area contributed by atoms with Crippen molar-refractivity contribution in [3.05, 3.63) is 93.5 Å². The third-order valence-electron chi connectivity index (χ3n) is 6.87. The number of rotatable bonds is 11. The SMILES string of the molecule is CC[C@@H](C)NC(=O)[C@@H](C)N(Cc1cccc(Cl)c1)C(=O)CN(c1ccc(C)c(C)c1)S(=O)(=O)c1ccc(Cl)cc1. The van der Waals surface area contributed by atoms with E-state index >= 15 is 0 Å². The number of anilines is 1. The Morgan fingerprint density at radius 1 is 0.900 bits per heavy atom. The first-order valence-corrected chi connectivity index (χ1v) is 15.2. The van der Waals surface area contributed by atoms with Crippen LogP contribution in [0, 0.1) is 13.8 Å². The van der Waals surface area contributed by atoms with Gasteiger partial charge in [-0.25, -0.2) is 8.42 Å². The second-order valence-corrected chi connectivity index (χ2v) is 12.6. The molecule has 10 heteroatoms. The Hall–Kier alpha value is -3.07. The first-order chi connectivity index (χ1) is 18.8. The third kappa shape index (κ3) is 7.77. The Labute approximate surface area is 247 Å². The maximum atomic E-state index is 14.0. The average molecular weight is 605 g/mol. The summed E-state index contributed by atoms with van der Waals surface area (Å²) in [6, 6.07) is 17.0. The molecule has 3 aromatic carbocycles. The van der Waals surface area contributed by atoms with E-state index in [2.05, 4.69) is 5.32 Å². The van der Waals surface area contributed by atoms with Crippen molar-refractivity contribution in [3.8, 4) is 0 Å². The van der Waals surface area contributed by atoms with Gasteiger partial charge in [0.2, 0.25) is 11.8 Å². The van der Waals surface area contributed by atoms with E-state index in [-0.39, 0.29) is 23.4 Å². The smallest absolute Gasteiger partial charge is 0.264 e. The molecule has 0 aliphatic carbocycles. The predicted octanol–water partition coefficient (Wildman–Crippen LogP) is 6.14. The van der Waals surface area contributed by atoms with Gasteiger partial charge in [-0.05, 0) is 99.3 Å². The molecule has 2 amide bonds. The second-order valence-electron chi connectivity index (χ2n) is 9.88. The van der Waals surface area contributed by atoms with Crippen LogP contribution < -0.4 is 9.62 Å². The van der Waals surface area contributed by atoms with Gasteiger partial charge in [-0.15, -0.1) is 0 Å². The molecule has 214 valence electrons. The third-order valence-corrected chi connectivity index (χ3v) is 9.14. The molecule has 0 saturated heterocycles. The van der Waals surface area contributed by atoms with Crippen molar-refractivity contribution in [2.45, 2.75) is 64.6 Å². The van der Waals surface area contributed by atoms with Crippen molar-refractivity contribution < 1.29 is 18.0 Å². The highest BCUT2D eigenvalue weighted by Gasteiger charge is 2.33. The summed E-state index contributed by atoms with van der Waals surface area (Å²) in [6.45, 7) is 8.81. The van der Waals surface area contributed by atoms with Crippen molar-refractivity contribution in [3.63, 3.8) is 0 Å². The fourth-order valence-corrected chi connectivity index (χ4v) is 5.77. The van der Waals surface area contributed by atoms with Gasteiger partial charge in [0.15, 0.2) is 0 Å². The zero-order valence-corrected chi connectivity index (χ0v) is 25.6. The van der Waals surface area contributed by atoms with Crippen LogP contribution in [0.2, 0.25) is 10.0 Å². The van der Waals surface area contributed by atoms with Crippen molar-refractivity contribution >= 4 is 50.7 Å². The molecular formula is C30H35Cl2N3O4S. The lowest BCUT2D eigenvalue weighted by Crippen LogP contribution is -2.52. The topological polar surface area (TPSA) is 86.8 Å². The maximum absolute atomic E-state index is 14.0. The van der Waals surface area contributed by atoms with Gasteiger partial charge in [0, 0.05) is 22.6 Å². The van der Waals surface area contributed by atoms with Gasteiger partial charge in [0.25, 0.3) is 10.0 Å². The Kier molecular flexibility index (Phi) is 10.6. The summed E-state index contributed by atoms with van der Waals surface area (Å²) in [4.78, 5) is 28.5.